The number of furan rings is 1. The monoisotopic (exact) mass is 348 g/mol. The van der Waals surface area contributed by atoms with Crippen LogP contribution in [0.4, 0.5) is 0 Å². The first-order valence-corrected chi connectivity index (χ1v) is 8.27. The third kappa shape index (κ3) is 2.65. The van der Waals surface area contributed by atoms with Gasteiger partial charge in [-0.25, -0.2) is 0 Å². The Bertz CT molecular complexity index is 969. The summed E-state index contributed by atoms with van der Waals surface area (Å²) in [6.45, 7) is 1.47. The lowest BCUT2D eigenvalue weighted by molar-refractivity contribution is -0.122. The molecule has 1 atom stereocenters. The predicted molar refractivity (Wildman–Crippen MR) is 94.6 cm³/mol. The van der Waals surface area contributed by atoms with E-state index in [2.05, 4.69) is 5.32 Å². The van der Waals surface area contributed by atoms with Gasteiger partial charge in [-0.1, -0.05) is 30.3 Å². The topological polar surface area (TPSA) is 79.6 Å². The Morgan fingerprint density at radius 1 is 1.04 bits per heavy atom. The molecule has 0 fully saturated rings. The molecule has 6 heteroatoms. The van der Waals surface area contributed by atoms with E-state index in [0.717, 1.165) is 15.9 Å². The molecule has 0 saturated heterocycles. The van der Waals surface area contributed by atoms with Crippen LogP contribution in [0.1, 0.15) is 39.4 Å². The van der Waals surface area contributed by atoms with Gasteiger partial charge >= 0.3 is 0 Å². The molecular formula is C20H16N2O4. The Balaban J connectivity index is 1.46. The summed E-state index contributed by atoms with van der Waals surface area (Å²) in [5, 5.41) is 3.72. The van der Waals surface area contributed by atoms with Crippen molar-refractivity contribution in [1.82, 2.24) is 10.2 Å². The minimum atomic E-state index is -0.447. The van der Waals surface area contributed by atoms with Crippen LogP contribution in [0.3, 0.4) is 0 Å². The Morgan fingerprint density at radius 2 is 1.65 bits per heavy atom. The van der Waals surface area contributed by atoms with Gasteiger partial charge in [0.05, 0.1) is 17.2 Å². The third-order valence-corrected chi connectivity index (χ3v) is 4.43. The standard InChI is InChI=1S/C20H16N2O4/c1-12(17-10-13-6-2-5-9-16(13)26-17)21-18(23)11-22-19(24)14-7-3-4-8-15(14)20(22)25/h2-10,12H,11H2,1H3,(H,21,23)/t12-/m1/s1. The predicted octanol–water partition coefficient (Wildman–Crippen LogP) is 2.91. The molecule has 26 heavy (non-hydrogen) atoms. The number of nitrogens with one attached hydrogen (secondary N) is 1. The van der Waals surface area contributed by atoms with Crippen molar-refractivity contribution in [2.45, 2.75) is 13.0 Å². The molecule has 0 saturated carbocycles. The van der Waals surface area contributed by atoms with E-state index in [9.17, 15) is 14.4 Å². The smallest absolute Gasteiger partial charge is 0.262 e. The van der Waals surface area contributed by atoms with Crippen LogP contribution in [0.2, 0.25) is 0 Å². The van der Waals surface area contributed by atoms with Crippen molar-refractivity contribution in [3.63, 3.8) is 0 Å². The largest absolute Gasteiger partial charge is 0.459 e. The van der Waals surface area contributed by atoms with Crippen molar-refractivity contribution in [3.8, 4) is 0 Å². The van der Waals surface area contributed by atoms with Crippen molar-refractivity contribution in [2.24, 2.45) is 0 Å². The molecule has 1 aliphatic heterocycles. The summed E-state index contributed by atoms with van der Waals surface area (Å²) in [5.41, 5.74) is 1.40. The highest BCUT2D eigenvalue weighted by atomic mass is 16.3. The number of benzene rings is 2. The van der Waals surface area contributed by atoms with Crippen LogP contribution in [0.15, 0.2) is 59.0 Å². The van der Waals surface area contributed by atoms with Crippen molar-refractivity contribution in [1.29, 1.82) is 0 Å². The molecule has 1 N–H and O–H groups in total. The van der Waals surface area contributed by atoms with Crippen LogP contribution < -0.4 is 5.32 Å². The number of carbonyl (C=O) groups is 3. The molecule has 0 aliphatic carbocycles. The van der Waals surface area contributed by atoms with Gasteiger partial charge in [0.2, 0.25) is 5.91 Å². The van der Waals surface area contributed by atoms with Crippen molar-refractivity contribution >= 4 is 28.7 Å². The number of carbonyl (C=O) groups excluding carboxylic acids is 3. The summed E-state index contributed by atoms with van der Waals surface area (Å²) in [5.74, 6) is -0.705. The molecule has 4 rings (SSSR count). The van der Waals surface area contributed by atoms with Gasteiger partial charge in [-0.2, -0.15) is 0 Å². The molecule has 1 aromatic heterocycles. The maximum absolute atomic E-state index is 12.3. The van der Waals surface area contributed by atoms with Crippen molar-refractivity contribution < 1.29 is 18.8 Å². The van der Waals surface area contributed by atoms with Gasteiger partial charge in [-0.05, 0) is 31.2 Å². The van der Waals surface area contributed by atoms with Crippen LogP contribution in [0, 0.1) is 0 Å². The molecule has 3 aromatic rings. The summed E-state index contributed by atoms with van der Waals surface area (Å²) in [7, 11) is 0. The maximum atomic E-state index is 12.3. The average molecular weight is 348 g/mol. The second-order valence-electron chi connectivity index (χ2n) is 6.22. The minimum Gasteiger partial charge on any atom is -0.459 e. The van der Waals surface area contributed by atoms with E-state index in [4.69, 9.17) is 4.42 Å². The maximum Gasteiger partial charge on any atom is 0.262 e. The molecule has 130 valence electrons. The quantitative estimate of drug-likeness (QED) is 0.735. The highest BCUT2D eigenvalue weighted by Crippen LogP contribution is 2.24. The molecule has 2 heterocycles. The Labute approximate surface area is 149 Å². The third-order valence-electron chi connectivity index (χ3n) is 4.43. The van der Waals surface area contributed by atoms with E-state index in [0.29, 0.717) is 16.9 Å². The van der Waals surface area contributed by atoms with Gasteiger partial charge in [0.1, 0.15) is 17.9 Å². The number of para-hydroxylation sites is 1. The van der Waals surface area contributed by atoms with Gasteiger partial charge in [0.25, 0.3) is 11.8 Å². The number of hydrogen-bond acceptors (Lipinski definition) is 4. The Hall–Kier alpha value is -3.41. The molecule has 0 unspecified atom stereocenters. The number of nitrogens with zero attached hydrogens (tertiary/aromatic N) is 1. The summed E-state index contributed by atoms with van der Waals surface area (Å²) in [4.78, 5) is 37.9. The summed E-state index contributed by atoms with van der Waals surface area (Å²) >= 11 is 0. The molecule has 1 aliphatic rings. The fourth-order valence-corrected chi connectivity index (χ4v) is 3.10. The van der Waals surface area contributed by atoms with Gasteiger partial charge in [-0.3, -0.25) is 19.3 Å². The average Bonchev–Trinajstić information content (AvgIpc) is 3.18. The van der Waals surface area contributed by atoms with E-state index >= 15 is 0 Å². The second-order valence-corrected chi connectivity index (χ2v) is 6.22. The van der Waals surface area contributed by atoms with Gasteiger partial charge in [0, 0.05) is 5.39 Å². The zero-order chi connectivity index (χ0) is 18.3. The molecular weight excluding hydrogens is 332 g/mol. The van der Waals surface area contributed by atoms with Gasteiger partial charge in [0.15, 0.2) is 0 Å². The lowest BCUT2D eigenvalue weighted by atomic mass is 10.1. The summed E-state index contributed by atoms with van der Waals surface area (Å²) in [6, 6.07) is 15.6. The van der Waals surface area contributed by atoms with Crippen LogP contribution in [0.5, 0.6) is 0 Å². The normalized spacial score (nSPS) is 14.6. The number of hydrogen-bond donors (Lipinski definition) is 1. The fourth-order valence-electron chi connectivity index (χ4n) is 3.10. The van der Waals surface area contributed by atoms with Gasteiger partial charge < -0.3 is 9.73 Å². The lowest BCUT2D eigenvalue weighted by Gasteiger charge is -2.16. The van der Waals surface area contributed by atoms with Crippen LogP contribution in [0.25, 0.3) is 11.0 Å². The molecule has 0 bridgehead atoms. The zero-order valence-electron chi connectivity index (χ0n) is 14.1. The van der Waals surface area contributed by atoms with Crippen molar-refractivity contribution in [2.75, 3.05) is 6.54 Å². The van der Waals surface area contributed by atoms with E-state index in [1.165, 1.54) is 0 Å². The highest BCUT2D eigenvalue weighted by Gasteiger charge is 2.36. The molecule has 6 nitrogen and oxygen atoms in total. The molecule has 2 aromatic carbocycles. The van der Waals surface area contributed by atoms with E-state index in [1.807, 2.05) is 30.3 Å². The molecule has 0 radical (unpaired) electrons. The first-order valence-electron chi connectivity index (χ1n) is 8.27. The minimum absolute atomic E-state index is 0.323. The number of rotatable bonds is 4. The Morgan fingerprint density at radius 3 is 2.31 bits per heavy atom. The summed E-state index contributed by atoms with van der Waals surface area (Å²) < 4.78 is 5.73. The SMILES string of the molecule is C[C@@H](NC(=O)CN1C(=O)c2ccccc2C1=O)c1cc2ccccc2o1. The van der Waals surface area contributed by atoms with E-state index in [1.54, 1.807) is 31.2 Å². The first-order chi connectivity index (χ1) is 12.5. The van der Waals surface area contributed by atoms with Crippen LogP contribution in [-0.2, 0) is 4.79 Å². The fraction of sp³-hybridized carbons (Fsp3) is 0.150. The zero-order valence-corrected chi connectivity index (χ0v) is 14.1. The number of amides is 3. The van der Waals surface area contributed by atoms with Crippen LogP contribution >= 0.6 is 0 Å². The summed E-state index contributed by atoms with van der Waals surface area (Å²) in [6.07, 6.45) is 0. The second kappa shape index (κ2) is 6.15. The van der Waals surface area contributed by atoms with E-state index in [-0.39, 0.29) is 12.6 Å². The number of imide groups is 1. The van der Waals surface area contributed by atoms with Gasteiger partial charge in [-0.15, -0.1) is 0 Å². The van der Waals surface area contributed by atoms with E-state index < -0.39 is 17.7 Å². The first kappa shape index (κ1) is 16.1. The van der Waals surface area contributed by atoms with Crippen molar-refractivity contribution in [3.05, 3.63) is 71.5 Å². The Kier molecular flexibility index (Phi) is 3.80. The lowest BCUT2D eigenvalue weighted by Crippen LogP contribution is -2.41. The molecule has 0 spiro atoms. The number of fused-ring (bicyclic) bond motifs is 2. The highest BCUT2D eigenvalue weighted by molar-refractivity contribution is 6.22. The van der Waals surface area contributed by atoms with Crippen LogP contribution in [-0.4, -0.2) is 29.2 Å². The molecule has 3 amide bonds.